The molecule has 0 saturated heterocycles. The van der Waals surface area contributed by atoms with Gasteiger partial charge in [-0.2, -0.15) is 0 Å². The van der Waals surface area contributed by atoms with Crippen molar-refractivity contribution < 1.29 is 0 Å². The van der Waals surface area contributed by atoms with Crippen molar-refractivity contribution >= 4 is 43.2 Å². The number of fused-ring (bicyclic) bond motifs is 1. The molecule has 2 aromatic heterocycles. The Bertz CT molecular complexity index is 488. The van der Waals surface area contributed by atoms with E-state index in [0.29, 0.717) is 5.39 Å². The quantitative estimate of drug-likeness (QED) is 0.745. The lowest BCUT2D eigenvalue weighted by Crippen LogP contribution is -2.07. The Morgan fingerprint density at radius 2 is 2.33 bits per heavy atom. The molecule has 2 heterocycles. The summed E-state index contributed by atoms with van der Waals surface area (Å²) >= 11 is 4.78. The minimum absolute atomic E-state index is 0.106. The minimum Gasteiger partial charge on any atom is -0.394 e. The second kappa shape index (κ2) is 2.60. The van der Waals surface area contributed by atoms with Gasteiger partial charge in [0.15, 0.2) is 0 Å². The number of anilines is 1. The highest BCUT2D eigenvalue weighted by Crippen LogP contribution is 2.26. The van der Waals surface area contributed by atoms with Crippen LogP contribution in [0.4, 0.5) is 5.69 Å². The fraction of sp³-hybridized carbons (Fsp3) is 0. The number of rotatable bonds is 0. The maximum absolute atomic E-state index is 11.4. The van der Waals surface area contributed by atoms with Crippen molar-refractivity contribution in [3.05, 3.63) is 26.3 Å². The lowest BCUT2D eigenvalue weighted by atomic mass is 10.3. The first kappa shape index (κ1) is 7.82. The summed E-state index contributed by atoms with van der Waals surface area (Å²) in [5.74, 6) is 0. The summed E-state index contributed by atoms with van der Waals surface area (Å²) in [7, 11) is 0. The maximum Gasteiger partial charge on any atom is 0.213 e. The Morgan fingerprint density at radius 3 is 3.08 bits per heavy atom. The summed E-state index contributed by atoms with van der Waals surface area (Å²) in [6.45, 7) is 0. The molecular weight excluding hydrogens is 240 g/mol. The molecule has 0 aliphatic heterocycles. The molecule has 0 saturated carbocycles. The van der Waals surface area contributed by atoms with Gasteiger partial charge in [-0.15, -0.1) is 11.3 Å². The van der Waals surface area contributed by atoms with E-state index in [1.807, 2.05) is 0 Å². The predicted octanol–water partition coefficient (Wildman–Crippen LogP) is 1.93. The lowest BCUT2D eigenvalue weighted by Gasteiger charge is -1.90. The average molecular weight is 245 g/mol. The van der Waals surface area contributed by atoms with Crippen molar-refractivity contribution in [3.63, 3.8) is 0 Å². The number of pyridine rings is 1. The third kappa shape index (κ3) is 1.05. The van der Waals surface area contributed by atoms with E-state index in [1.54, 1.807) is 6.07 Å². The van der Waals surface area contributed by atoms with Crippen molar-refractivity contribution in [1.82, 2.24) is 4.98 Å². The number of halogens is 1. The van der Waals surface area contributed by atoms with Crippen LogP contribution < -0.4 is 11.2 Å². The lowest BCUT2D eigenvalue weighted by molar-refractivity contribution is 1.42. The van der Waals surface area contributed by atoms with Gasteiger partial charge in [0.05, 0.1) is 14.9 Å². The first-order chi connectivity index (χ1) is 5.68. The maximum atomic E-state index is 11.4. The molecule has 12 heavy (non-hydrogen) atoms. The molecule has 0 aromatic carbocycles. The van der Waals surface area contributed by atoms with E-state index in [1.165, 1.54) is 17.5 Å². The number of H-pyrrole nitrogens is 1. The molecule has 2 rings (SSSR count). The molecule has 3 nitrogen and oxygen atoms in total. The van der Waals surface area contributed by atoms with Gasteiger partial charge in [0, 0.05) is 6.20 Å². The van der Waals surface area contributed by atoms with Crippen LogP contribution in [0, 0.1) is 0 Å². The third-order valence-electron chi connectivity index (χ3n) is 1.57. The van der Waals surface area contributed by atoms with Gasteiger partial charge in [-0.25, -0.2) is 0 Å². The number of nitrogen functional groups attached to an aromatic ring is 1. The molecule has 0 fully saturated rings. The number of nitrogens with two attached hydrogens (primary N) is 1. The molecule has 2 aromatic rings. The fourth-order valence-corrected chi connectivity index (χ4v) is 2.47. The van der Waals surface area contributed by atoms with Crippen LogP contribution in [-0.4, -0.2) is 4.98 Å². The Kier molecular flexibility index (Phi) is 1.69. The van der Waals surface area contributed by atoms with E-state index in [2.05, 4.69) is 20.9 Å². The second-order valence-electron chi connectivity index (χ2n) is 2.37. The molecule has 0 unspecified atom stereocenters. The fourth-order valence-electron chi connectivity index (χ4n) is 1.00. The minimum atomic E-state index is -0.106. The van der Waals surface area contributed by atoms with E-state index < -0.39 is 0 Å². The van der Waals surface area contributed by atoms with E-state index >= 15 is 0 Å². The van der Waals surface area contributed by atoms with Gasteiger partial charge < -0.3 is 10.7 Å². The first-order valence-electron chi connectivity index (χ1n) is 3.24. The van der Waals surface area contributed by atoms with Gasteiger partial charge in [-0.3, -0.25) is 4.79 Å². The van der Waals surface area contributed by atoms with Gasteiger partial charge in [-0.05, 0) is 22.0 Å². The zero-order valence-electron chi connectivity index (χ0n) is 5.93. The smallest absolute Gasteiger partial charge is 0.213 e. The number of hydrogen-bond donors (Lipinski definition) is 2. The van der Waals surface area contributed by atoms with Crippen LogP contribution in [-0.2, 0) is 0 Å². The van der Waals surface area contributed by atoms with Crippen molar-refractivity contribution in [2.24, 2.45) is 0 Å². The van der Waals surface area contributed by atoms with Gasteiger partial charge in [0.1, 0.15) is 4.83 Å². The largest absolute Gasteiger partial charge is 0.394 e. The molecule has 0 amide bonds. The van der Waals surface area contributed by atoms with Crippen LogP contribution in [0.15, 0.2) is 20.8 Å². The van der Waals surface area contributed by atoms with Crippen LogP contribution in [0.5, 0.6) is 0 Å². The highest BCUT2D eigenvalue weighted by Gasteiger charge is 2.04. The molecule has 0 radical (unpaired) electrons. The van der Waals surface area contributed by atoms with Crippen LogP contribution in [0.25, 0.3) is 10.2 Å². The monoisotopic (exact) mass is 244 g/mol. The topological polar surface area (TPSA) is 58.9 Å². The summed E-state index contributed by atoms with van der Waals surface area (Å²) in [5.41, 5.74) is 5.59. The van der Waals surface area contributed by atoms with Crippen LogP contribution in [0.1, 0.15) is 0 Å². The highest BCUT2D eigenvalue weighted by molar-refractivity contribution is 9.11. The molecule has 0 bridgehead atoms. The molecule has 3 N–H and O–H groups in total. The van der Waals surface area contributed by atoms with Gasteiger partial charge in [-0.1, -0.05) is 0 Å². The number of thiophene rings is 1. The zero-order valence-corrected chi connectivity index (χ0v) is 8.33. The predicted molar refractivity (Wildman–Crippen MR) is 54.6 cm³/mol. The summed E-state index contributed by atoms with van der Waals surface area (Å²) in [6.07, 6.45) is 1.52. The van der Waals surface area contributed by atoms with Gasteiger partial charge >= 0.3 is 0 Å². The molecule has 0 aliphatic carbocycles. The van der Waals surface area contributed by atoms with Gasteiger partial charge in [0.25, 0.3) is 0 Å². The normalized spacial score (nSPS) is 10.8. The SMILES string of the molecule is Nc1c[nH]c2sc(Br)cc2c1=O. The molecule has 5 heteroatoms. The second-order valence-corrected chi connectivity index (χ2v) is 4.80. The van der Waals surface area contributed by atoms with Crippen molar-refractivity contribution in [3.8, 4) is 0 Å². The average Bonchev–Trinajstić information content (AvgIpc) is 2.39. The van der Waals surface area contributed by atoms with E-state index in [-0.39, 0.29) is 11.1 Å². The summed E-state index contributed by atoms with van der Waals surface area (Å²) in [4.78, 5) is 15.2. The summed E-state index contributed by atoms with van der Waals surface area (Å²) < 4.78 is 0.927. The number of hydrogen-bond acceptors (Lipinski definition) is 3. The van der Waals surface area contributed by atoms with E-state index in [0.717, 1.165) is 8.62 Å². The van der Waals surface area contributed by atoms with Crippen molar-refractivity contribution in [2.75, 3.05) is 5.73 Å². The first-order valence-corrected chi connectivity index (χ1v) is 4.85. The number of aromatic amines is 1. The molecule has 0 aliphatic rings. The van der Waals surface area contributed by atoms with Crippen molar-refractivity contribution in [1.29, 1.82) is 0 Å². The number of nitrogens with one attached hydrogen (secondary N) is 1. The molecular formula is C7H5BrN2OS. The third-order valence-corrected chi connectivity index (χ3v) is 3.14. The van der Waals surface area contributed by atoms with Crippen LogP contribution in [0.3, 0.4) is 0 Å². The zero-order chi connectivity index (χ0) is 8.72. The van der Waals surface area contributed by atoms with E-state index in [9.17, 15) is 4.79 Å². The Morgan fingerprint density at radius 1 is 1.58 bits per heavy atom. The van der Waals surface area contributed by atoms with Gasteiger partial charge in [0.2, 0.25) is 5.43 Å². The molecule has 62 valence electrons. The Labute approximate surface area is 80.3 Å². The Hall–Kier alpha value is -0.810. The van der Waals surface area contributed by atoms with Crippen molar-refractivity contribution in [2.45, 2.75) is 0 Å². The number of aromatic nitrogens is 1. The standard InChI is InChI=1S/C7H5BrN2OS/c8-5-1-3-6(11)4(9)2-10-7(3)12-5/h1-2H,9H2,(H,10,11). The molecule has 0 spiro atoms. The van der Waals surface area contributed by atoms with E-state index in [4.69, 9.17) is 5.73 Å². The summed E-state index contributed by atoms with van der Waals surface area (Å²) in [5, 5.41) is 0.645. The highest BCUT2D eigenvalue weighted by atomic mass is 79.9. The molecule has 0 atom stereocenters. The van der Waals surface area contributed by atoms with Crippen LogP contribution >= 0.6 is 27.3 Å². The van der Waals surface area contributed by atoms with Crippen LogP contribution in [0.2, 0.25) is 0 Å². The Balaban J connectivity index is 2.99. The summed E-state index contributed by atoms with van der Waals surface area (Å²) in [6, 6.07) is 1.77.